The Balaban J connectivity index is 2.08. The lowest BCUT2D eigenvalue weighted by atomic mass is 9.76. The number of aromatic amines is 1. The smallest absolute Gasteiger partial charge is 0.334 e. The molecule has 0 fully saturated rings. The van der Waals surface area contributed by atoms with E-state index in [0.29, 0.717) is 12.0 Å². The topological polar surface area (TPSA) is 68.1 Å². The van der Waals surface area contributed by atoms with Crippen LogP contribution < -0.4 is 5.73 Å². The van der Waals surface area contributed by atoms with Crippen LogP contribution in [0.25, 0.3) is 10.9 Å². The Hall–Kier alpha value is -2.07. The Morgan fingerprint density at radius 3 is 3.05 bits per heavy atom. The number of nitrogens with one attached hydrogen (secondary N) is 1. The second-order valence-electron chi connectivity index (χ2n) is 5.36. The molecule has 2 aliphatic rings. The molecule has 3 N–H and O–H groups in total. The predicted octanol–water partition coefficient (Wildman–Crippen LogP) is 1.75. The van der Waals surface area contributed by atoms with E-state index in [0.717, 1.165) is 16.5 Å². The molecule has 4 nitrogen and oxygen atoms in total. The minimum atomic E-state index is -0.796. The highest BCUT2D eigenvalue weighted by Gasteiger charge is 2.49. The molecule has 0 bridgehead atoms. The van der Waals surface area contributed by atoms with Crippen molar-refractivity contribution in [2.24, 2.45) is 5.73 Å². The van der Waals surface area contributed by atoms with Crippen molar-refractivity contribution < 1.29 is 9.53 Å². The van der Waals surface area contributed by atoms with Crippen LogP contribution >= 0.6 is 0 Å². The highest BCUT2D eigenvalue weighted by Crippen LogP contribution is 2.45. The Morgan fingerprint density at radius 1 is 1.47 bits per heavy atom. The number of fused-ring (bicyclic) bond motifs is 1. The van der Waals surface area contributed by atoms with Crippen molar-refractivity contribution in [3.63, 3.8) is 0 Å². The van der Waals surface area contributed by atoms with Crippen LogP contribution in [-0.2, 0) is 21.6 Å². The molecule has 19 heavy (non-hydrogen) atoms. The van der Waals surface area contributed by atoms with Crippen LogP contribution in [0, 0.1) is 0 Å². The maximum Gasteiger partial charge on any atom is 0.334 e. The van der Waals surface area contributed by atoms with Gasteiger partial charge in [-0.2, -0.15) is 0 Å². The number of ether oxygens (including phenoxy) is 1. The first-order valence-electron chi connectivity index (χ1n) is 6.39. The van der Waals surface area contributed by atoms with E-state index < -0.39 is 5.60 Å². The van der Waals surface area contributed by atoms with Gasteiger partial charge in [0.1, 0.15) is 0 Å². The number of benzene rings is 1. The molecule has 2 aromatic rings. The first kappa shape index (κ1) is 10.8. The van der Waals surface area contributed by atoms with Crippen LogP contribution in [0.3, 0.4) is 0 Å². The van der Waals surface area contributed by atoms with Gasteiger partial charge in [-0.15, -0.1) is 0 Å². The zero-order valence-corrected chi connectivity index (χ0v) is 10.6. The van der Waals surface area contributed by atoms with Gasteiger partial charge in [0.05, 0.1) is 6.04 Å². The summed E-state index contributed by atoms with van der Waals surface area (Å²) in [6.07, 6.45) is 4.58. The molecule has 0 saturated heterocycles. The largest absolute Gasteiger partial charge is 0.445 e. The number of H-pyrrole nitrogens is 1. The molecular formula is C15H14N2O2. The maximum absolute atomic E-state index is 11.8. The summed E-state index contributed by atoms with van der Waals surface area (Å²) in [5.74, 6) is -0.272. The van der Waals surface area contributed by atoms with Gasteiger partial charge < -0.3 is 15.5 Å². The van der Waals surface area contributed by atoms with Crippen LogP contribution in [0.1, 0.15) is 18.1 Å². The summed E-state index contributed by atoms with van der Waals surface area (Å²) in [6.45, 7) is 1.77. The Labute approximate surface area is 110 Å². The summed E-state index contributed by atoms with van der Waals surface area (Å²) >= 11 is 0. The lowest BCUT2D eigenvalue weighted by molar-refractivity contribution is -0.149. The molecule has 96 valence electrons. The molecule has 0 radical (unpaired) electrons. The average Bonchev–Trinajstić information content (AvgIpc) is 2.92. The van der Waals surface area contributed by atoms with Gasteiger partial charge in [0.2, 0.25) is 0 Å². The zero-order chi connectivity index (χ0) is 13.2. The van der Waals surface area contributed by atoms with Crippen LogP contribution in [0.2, 0.25) is 0 Å². The van der Waals surface area contributed by atoms with Gasteiger partial charge in [-0.25, -0.2) is 4.79 Å². The standard InChI is InChI=1S/C15H14N2O2/c1-8-6-15(19-14(8)18)10-3-2-4-11-13(10)9(7-17-11)5-12(15)16/h2-4,6-7,12,17H,5,16H2,1H3/t12-,15-/m0/s1. The number of rotatable bonds is 0. The second kappa shape index (κ2) is 3.27. The number of carbonyl (C=O) groups is 1. The van der Waals surface area contributed by atoms with Gasteiger partial charge >= 0.3 is 5.97 Å². The number of carbonyl (C=O) groups excluding carboxylic acids is 1. The van der Waals surface area contributed by atoms with Crippen LogP contribution in [-0.4, -0.2) is 17.0 Å². The van der Waals surface area contributed by atoms with E-state index in [2.05, 4.69) is 4.98 Å². The molecule has 0 unspecified atom stereocenters. The fourth-order valence-electron chi connectivity index (χ4n) is 3.29. The third-order valence-corrected chi connectivity index (χ3v) is 4.21. The number of hydrogen-bond donors (Lipinski definition) is 2. The maximum atomic E-state index is 11.8. The molecule has 2 heterocycles. The third kappa shape index (κ3) is 1.19. The van der Waals surface area contributed by atoms with Crippen molar-refractivity contribution in [1.82, 2.24) is 4.98 Å². The molecule has 0 saturated carbocycles. The number of nitrogens with two attached hydrogens (primary N) is 1. The third-order valence-electron chi connectivity index (χ3n) is 4.21. The van der Waals surface area contributed by atoms with Crippen LogP contribution in [0.4, 0.5) is 0 Å². The van der Waals surface area contributed by atoms with E-state index in [1.165, 1.54) is 5.56 Å². The van der Waals surface area contributed by atoms with Gasteiger partial charge in [-0.05, 0) is 31.1 Å². The number of hydrogen-bond acceptors (Lipinski definition) is 3. The minimum Gasteiger partial charge on any atom is -0.445 e. The summed E-state index contributed by atoms with van der Waals surface area (Å²) < 4.78 is 5.66. The molecule has 1 aromatic carbocycles. The van der Waals surface area contributed by atoms with Crippen molar-refractivity contribution in [3.05, 3.63) is 47.2 Å². The summed E-state index contributed by atoms with van der Waals surface area (Å²) in [5.41, 5.74) is 9.39. The molecular weight excluding hydrogens is 240 g/mol. The first-order chi connectivity index (χ1) is 9.12. The van der Waals surface area contributed by atoms with Crippen molar-refractivity contribution in [2.75, 3.05) is 0 Å². The van der Waals surface area contributed by atoms with Gasteiger partial charge in [0.15, 0.2) is 5.60 Å². The summed E-state index contributed by atoms with van der Waals surface area (Å²) in [7, 11) is 0. The molecule has 4 rings (SSSR count). The minimum absolute atomic E-state index is 0.247. The molecule has 1 aromatic heterocycles. The number of aromatic nitrogens is 1. The van der Waals surface area contributed by atoms with E-state index in [4.69, 9.17) is 10.5 Å². The van der Waals surface area contributed by atoms with E-state index in [1.807, 2.05) is 30.5 Å². The van der Waals surface area contributed by atoms with E-state index >= 15 is 0 Å². The van der Waals surface area contributed by atoms with Crippen molar-refractivity contribution >= 4 is 16.9 Å². The molecule has 1 spiro atoms. The van der Waals surface area contributed by atoms with Crippen molar-refractivity contribution in [3.8, 4) is 0 Å². The van der Waals surface area contributed by atoms with Crippen molar-refractivity contribution in [1.29, 1.82) is 0 Å². The summed E-state index contributed by atoms with van der Waals surface area (Å²) in [6, 6.07) is 5.75. The monoisotopic (exact) mass is 254 g/mol. The molecule has 1 aliphatic carbocycles. The summed E-state index contributed by atoms with van der Waals surface area (Å²) in [5, 5.41) is 1.14. The fourth-order valence-corrected chi connectivity index (χ4v) is 3.29. The molecule has 0 amide bonds. The SMILES string of the molecule is CC1=C[C@]2(OC1=O)c1cccc3[nH]cc(c13)C[C@@H]2N. The van der Waals surface area contributed by atoms with Gasteiger partial charge in [-0.3, -0.25) is 0 Å². The van der Waals surface area contributed by atoms with Crippen LogP contribution in [0.15, 0.2) is 36.0 Å². The van der Waals surface area contributed by atoms with E-state index in [-0.39, 0.29) is 12.0 Å². The highest BCUT2D eigenvalue weighted by molar-refractivity contribution is 5.95. The number of esters is 1. The Kier molecular flexibility index (Phi) is 1.86. The average molecular weight is 254 g/mol. The molecule has 2 atom stereocenters. The summed E-state index contributed by atoms with van der Waals surface area (Å²) in [4.78, 5) is 15.1. The Morgan fingerprint density at radius 2 is 2.32 bits per heavy atom. The highest BCUT2D eigenvalue weighted by atomic mass is 16.6. The quantitative estimate of drug-likeness (QED) is 0.704. The second-order valence-corrected chi connectivity index (χ2v) is 5.36. The van der Waals surface area contributed by atoms with Gasteiger partial charge in [-0.1, -0.05) is 12.1 Å². The van der Waals surface area contributed by atoms with Crippen molar-refractivity contribution in [2.45, 2.75) is 25.0 Å². The van der Waals surface area contributed by atoms with Crippen LogP contribution in [0.5, 0.6) is 0 Å². The Bertz CT molecular complexity index is 744. The first-order valence-corrected chi connectivity index (χ1v) is 6.39. The predicted molar refractivity (Wildman–Crippen MR) is 71.5 cm³/mol. The lowest BCUT2D eigenvalue weighted by Gasteiger charge is -2.36. The lowest BCUT2D eigenvalue weighted by Crippen LogP contribution is -2.48. The van der Waals surface area contributed by atoms with E-state index in [9.17, 15) is 4.79 Å². The fraction of sp³-hybridized carbons (Fsp3) is 0.267. The molecule has 4 heteroatoms. The van der Waals surface area contributed by atoms with Gasteiger partial charge in [0.25, 0.3) is 0 Å². The molecule has 1 aliphatic heterocycles. The normalized spacial score (nSPS) is 28.8. The van der Waals surface area contributed by atoms with E-state index in [1.54, 1.807) is 6.92 Å². The zero-order valence-electron chi connectivity index (χ0n) is 10.6. The van der Waals surface area contributed by atoms with Gasteiger partial charge in [0, 0.05) is 28.2 Å².